The lowest BCUT2D eigenvalue weighted by molar-refractivity contribution is 0.0114. The fourth-order valence-electron chi connectivity index (χ4n) is 4.82. The lowest BCUT2D eigenvalue weighted by Gasteiger charge is -2.42. The van der Waals surface area contributed by atoms with Gasteiger partial charge < -0.3 is 9.88 Å². The van der Waals surface area contributed by atoms with E-state index in [1.807, 2.05) is 0 Å². The average molecular weight is 361 g/mol. The summed E-state index contributed by atoms with van der Waals surface area (Å²) in [6, 6.07) is 5.27. The predicted molar refractivity (Wildman–Crippen MR) is 110 cm³/mol. The molecule has 0 aliphatic carbocycles. The highest BCUT2D eigenvalue weighted by molar-refractivity contribution is 5.15. The van der Waals surface area contributed by atoms with Crippen LogP contribution in [0, 0.1) is 0 Å². The highest BCUT2D eigenvalue weighted by Gasteiger charge is 2.40. The number of hydrogen-bond donors (Lipinski definition) is 1. The minimum Gasteiger partial charge on any atom is -0.350 e. The Bertz CT molecular complexity index is 512. The molecule has 0 spiro atoms. The first-order valence-corrected chi connectivity index (χ1v) is 11.2. The number of aromatic nitrogens is 1. The van der Waals surface area contributed by atoms with E-state index < -0.39 is 0 Å². The van der Waals surface area contributed by atoms with Gasteiger partial charge in [-0.05, 0) is 70.3 Å². The van der Waals surface area contributed by atoms with E-state index in [1.54, 1.807) is 5.69 Å². The van der Waals surface area contributed by atoms with Gasteiger partial charge >= 0.3 is 0 Å². The van der Waals surface area contributed by atoms with Gasteiger partial charge in [0.25, 0.3) is 0 Å². The monoisotopic (exact) mass is 360 g/mol. The summed E-state index contributed by atoms with van der Waals surface area (Å²) in [4.78, 5) is 5.57. The van der Waals surface area contributed by atoms with Crippen LogP contribution >= 0.6 is 0 Å². The molecule has 2 saturated heterocycles. The van der Waals surface area contributed by atoms with E-state index >= 15 is 0 Å². The number of hydrogen-bond acceptors (Lipinski definition) is 3. The Morgan fingerprint density at radius 2 is 1.85 bits per heavy atom. The van der Waals surface area contributed by atoms with Crippen molar-refractivity contribution in [3.05, 3.63) is 24.0 Å². The third-order valence-electron chi connectivity index (χ3n) is 6.23. The van der Waals surface area contributed by atoms with Crippen molar-refractivity contribution in [3.8, 4) is 0 Å². The number of nitrogens with one attached hydrogen (secondary N) is 1. The summed E-state index contributed by atoms with van der Waals surface area (Å²) >= 11 is 0. The van der Waals surface area contributed by atoms with Crippen LogP contribution in [-0.2, 0) is 6.54 Å². The second-order valence-electron chi connectivity index (χ2n) is 8.14. The topological polar surface area (TPSA) is 23.4 Å². The maximum atomic E-state index is 3.58. The Kier molecular flexibility index (Phi) is 8.03. The van der Waals surface area contributed by atoms with Crippen molar-refractivity contribution in [3.63, 3.8) is 0 Å². The molecule has 4 nitrogen and oxygen atoms in total. The molecule has 0 bridgehead atoms. The van der Waals surface area contributed by atoms with Crippen molar-refractivity contribution in [1.29, 1.82) is 0 Å². The largest absolute Gasteiger partial charge is 0.350 e. The van der Waals surface area contributed by atoms with Crippen LogP contribution in [0.5, 0.6) is 0 Å². The summed E-state index contributed by atoms with van der Waals surface area (Å²) in [6.45, 7) is 11.9. The zero-order valence-corrected chi connectivity index (χ0v) is 17.1. The van der Waals surface area contributed by atoms with Crippen LogP contribution in [0.15, 0.2) is 18.3 Å². The van der Waals surface area contributed by atoms with E-state index in [1.165, 1.54) is 77.5 Å². The molecule has 2 fully saturated rings. The number of rotatable bonds is 11. The molecule has 1 aromatic rings. The minimum absolute atomic E-state index is 0.632. The molecule has 2 aliphatic rings. The Balaban J connectivity index is 1.54. The zero-order valence-electron chi connectivity index (χ0n) is 17.1. The fourth-order valence-corrected chi connectivity index (χ4v) is 4.82. The van der Waals surface area contributed by atoms with E-state index in [4.69, 9.17) is 0 Å². The normalized spacial score (nSPS) is 24.2. The molecule has 0 aromatic carbocycles. The van der Waals surface area contributed by atoms with Gasteiger partial charge in [-0.3, -0.25) is 9.80 Å². The lowest BCUT2D eigenvalue weighted by atomic mass is 10.1. The van der Waals surface area contributed by atoms with Crippen LogP contribution in [0.4, 0.5) is 0 Å². The van der Waals surface area contributed by atoms with Gasteiger partial charge in [0, 0.05) is 31.5 Å². The first-order valence-electron chi connectivity index (χ1n) is 11.2. The van der Waals surface area contributed by atoms with Crippen LogP contribution in [0.3, 0.4) is 0 Å². The molecule has 26 heavy (non-hydrogen) atoms. The lowest BCUT2D eigenvalue weighted by Crippen LogP contribution is -2.51. The molecule has 0 radical (unpaired) electrons. The van der Waals surface area contributed by atoms with Crippen molar-refractivity contribution in [2.45, 2.75) is 84.0 Å². The minimum atomic E-state index is 0.632. The summed E-state index contributed by atoms with van der Waals surface area (Å²) in [6.07, 6.45) is 13.4. The summed E-state index contributed by atoms with van der Waals surface area (Å²) < 4.78 is 2.53. The molecule has 3 rings (SSSR count). The molecule has 1 aromatic heterocycles. The molecular weight excluding hydrogens is 320 g/mol. The molecule has 2 atom stereocenters. The Labute approximate surface area is 160 Å². The van der Waals surface area contributed by atoms with Gasteiger partial charge in [0.15, 0.2) is 0 Å². The highest BCUT2D eigenvalue weighted by Crippen LogP contribution is 2.39. The maximum absolute atomic E-state index is 3.58. The third-order valence-corrected chi connectivity index (χ3v) is 6.23. The molecule has 0 saturated carbocycles. The van der Waals surface area contributed by atoms with E-state index in [2.05, 4.69) is 51.9 Å². The molecule has 3 heterocycles. The van der Waals surface area contributed by atoms with Gasteiger partial charge in [-0.1, -0.05) is 26.7 Å². The van der Waals surface area contributed by atoms with E-state index in [0.717, 1.165) is 13.1 Å². The van der Waals surface area contributed by atoms with Gasteiger partial charge in [0.2, 0.25) is 0 Å². The van der Waals surface area contributed by atoms with Gasteiger partial charge in [0.1, 0.15) is 0 Å². The van der Waals surface area contributed by atoms with Crippen LogP contribution < -0.4 is 5.32 Å². The van der Waals surface area contributed by atoms with Gasteiger partial charge in [0.05, 0.1) is 12.2 Å². The van der Waals surface area contributed by atoms with Gasteiger partial charge in [-0.25, -0.2) is 0 Å². The first kappa shape index (κ1) is 19.9. The summed E-state index contributed by atoms with van der Waals surface area (Å²) in [5, 5.41) is 3.58. The standard InChI is InChI=1S/C22H40N4/c1-3-5-13-23-14-8-17-24-16-7-10-20(24)21-11-12-22-25(15-6-4-2)18-9-19-26(21)22/h7,10,16,21-23H,3-6,8-9,11-15,17-19H2,1-2H3. The van der Waals surface area contributed by atoms with Crippen LogP contribution in [0.25, 0.3) is 0 Å². The average Bonchev–Trinajstić information content (AvgIpc) is 3.29. The van der Waals surface area contributed by atoms with E-state index in [0.29, 0.717) is 12.2 Å². The van der Waals surface area contributed by atoms with Gasteiger partial charge in [-0.15, -0.1) is 0 Å². The number of unbranched alkanes of at least 4 members (excludes halogenated alkanes) is 2. The first-order chi connectivity index (χ1) is 12.8. The highest BCUT2D eigenvalue weighted by atomic mass is 15.4. The Hall–Kier alpha value is -0.840. The van der Waals surface area contributed by atoms with Crippen molar-refractivity contribution in [2.24, 2.45) is 0 Å². The molecule has 148 valence electrons. The number of aryl methyl sites for hydroxylation is 1. The summed E-state index contributed by atoms with van der Waals surface area (Å²) in [5.74, 6) is 0. The second kappa shape index (κ2) is 10.5. The van der Waals surface area contributed by atoms with Crippen LogP contribution in [0.1, 0.15) is 76.9 Å². The second-order valence-corrected chi connectivity index (χ2v) is 8.14. The van der Waals surface area contributed by atoms with E-state index in [9.17, 15) is 0 Å². The predicted octanol–water partition coefficient (Wildman–Crippen LogP) is 4.24. The molecule has 0 amide bonds. The van der Waals surface area contributed by atoms with Crippen molar-refractivity contribution < 1.29 is 0 Å². The molecule has 1 N–H and O–H groups in total. The maximum Gasteiger partial charge on any atom is 0.0628 e. The Morgan fingerprint density at radius 3 is 2.69 bits per heavy atom. The molecule has 4 heteroatoms. The molecule has 2 aliphatic heterocycles. The number of nitrogens with zero attached hydrogens (tertiary/aromatic N) is 3. The van der Waals surface area contributed by atoms with Crippen molar-refractivity contribution >= 4 is 0 Å². The van der Waals surface area contributed by atoms with Crippen LogP contribution in [0.2, 0.25) is 0 Å². The third kappa shape index (κ3) is 4.90. The summed E-state index contributed by atoms with van der Waals surface area (Å²) in [7, 11) is 0. The van der Waals surface area contributed by atoms with E-state index in [-0.39, 0.29) is 0 Å². The number of fused-ring (bicyclic) bond motifs is 1. The van der Waals surface area contributed by atoms with Gasteiger partial charge in [-0.2, -0.15) is 0 Å². The quantitative estimate of drug-likeness (QED) is 0.597. The van der Waals surface area contributed by atoms with Crippen molar-refractivity contribution in [1.82, 2.24) is 19.7 Å². The SMILES string of the molecule is CCCCNCCCn1cccc1C1CCC2N(CCCC)CCCN12. The smallest absolute Gasteiger partial charge is 0.0628 e. The zero-order chi connectivity index (χ0) is 18.2. The Morgan fingerprint density at radius 1 is 1.00 bits per heavy atom. The summed E-state index contributed by atoms with van der Waals surface area (Å²) in [5.41, 5.74) is 1.55. The van der Waals surface area contributed by atoms with Crippen LogP contribution in [-0.4, -0.2) is 53.3 Å². The molecule has 2 unspecified atom stereocenters. The molecular formula is C22H40N4. The fraction of sp³-hybridized carbons (Fsp3) is 0.818. The van der Waals surface area contributed by atoms with Crippen molar-refractivity contribution in [2.75, 3.05) is 32.7 Å².